The molecule has 1 atom stereocenters. The fraction of sp³-hybridized carbons (Fsp3) is 0.231. The van der Waals surface area contributed by atoms with Gasteiger partial charge in [0.05, 0.1) is 6.54 Å². The van der Waals surface area contributed by atoms with E-state index < -0.39 is 0 Å². The molecular formula is C13H12ClN3OS2. The molecule has 3 rings (SSSR count). The summed E-state index contributed by atoms with van der Waals surface area (Å²) in [5, 5.41) is 7.39. The molecule has 2 aliphatic rings. The van der Waals surface area contributed by atoms with Crippen LogP contribution in [0, 0.1) is 0 Å². The number of hydrogen-bond donors (Lipinski definition) is 2. The summed E-state index contributed by atoms with van der Waals surface area (Å²) in [6.07, 6.45) is 0. The van der Waals surface area contributed by atoms with Crippen molar-refractivity contribution in [3.05, 3.63) is 46.7 Å². The van der Waals surface area contributed by atoms with Crippen molar-refractivity contribution in [2.45, 2.75) is 11.3 Å². The number of carbonyl (C=O) groups is 1. The predicted octanol–water partition coefficient (Wildman–Crippen LogP) is 2.48. The summed E-state index contributed by atoms with van der Waals surface area (Å²) < 4.78 is 0. The first-order chi connectivity index (χ1) is 9.72. The molecule has 0 aliphatic carbocycles. The van der Waals surface area contributed by atoms with Gasteiger partial charge < -0.3 is 10.6 Å². The van der Waals surface area contributed by atoms with E-state index in [9.17, 15) is 4.79 Å². The van der Waals surface area contributed by atoms with E-state index in [0.717, 1.165) is 23.2 Å². The van der Waals surface area contributed by atoms with E-state index in [1.165, 1.54) is 5.56 Å². The van der Waals surface area contributed by atoms with E-state index >= 15 is 0 Å². The second-order valence-corrected chi connectivity index (χ2v) is 6.74. The third-order valence-corrected chi connectivity index (χ3v) is 5.00. The highest BCUT2D eigenvalue weighted by atomic mass is 35.5. The summed E-state index contributed by atoms with van der Waals surface area (Å²) >= 11 is 9.00. The number of hydrogen-bond acceptors (Lipinski definition) is 6. The lowest BCUT2D eigenvalue weighted by atomic mass is 10.2. The zero-order valence-electron chi connectivity index (χ0n) is 10.4. The molecule has 4 nitrogen and oxygen atoms in total. The first-order valence-electron chi connectivity index (χ1n) is 6.07. The maximum Gasteiger partial charge on any atom is 0.214 e. The Hall–Kier alpha value is -1.11. The van der Waals surface area contributed by atoms with Crippen molar-refractivity contribution in [2.24, 2.45) is 4.99 Å². The number of benzene rings is 1. The lowest BCUT2D eigenvalue weighted by Gasteiger charge is -2.27. The summed E-state index contributed by atoms with van der Waals surface area (Å²) in [6.45, 7) is 0.290. The number of halogens is 1. The molecule has 1 saturated heterocycles. The second kappa shape index (κ2) is 6.11. The quantitative estimate of drug-likeness (QED) is 0.836. The average molecular weight is 326 g/mol. The Morgan fingerprint density at radius 2 is 2.20 bits per heavy atom. The van der Waals surface area contributed by atoms with Gasteiger partial charge in [0.2, 0.25) is 5.12 Å². The molecule has 2 heterocycles. The molecule has 0 saturated carbocycles. The van der Waals surface area contributed by atoms with Gasteiger partial charge in [0.25, 0.3) is 0 Å². The molecule has 0 aromatic heterocycles. The van der Waals surface area contributed by atoms with E-state index in [2.05, 4.69) is 27.8 Å². The number of aliphatic imine (C=N–C) groups is 1. The number of carbonyl (C=O) groups excluding carboxylic acids is 1. The Balaban J connectivity index is 1.68. The highest BCUT2D eigenvalue weighted by Gasteiger charge is 2.28. The molecule has 1 aromatic rings. The highest BCUT2D eigenvalue weighted by molar-refractivity contribution is 8.27. The standard InChI is InChI=1S/C13H12ClN3OS2/c14-11-10-12(20-9(18)6-15-10)17-13(16-11)19-7-8-4-2-1-3-5-8/h1-5,13,15-16H,6-7H2. The molecule has 0 spiro atoms. The predicted molar refractivity (Wildman–Crippen MR) is 85.6 cm³/mol. The van der Waals surface area contributed by atoms with Crippen LogP contribution < -0.4 is 10.6 Å². The van der Waals surface area contributed by atoms with Crippen LogP contribution in [0.2, 0.25) is 0 Å². The highest BCUT2D eigenvalue weighted by Crippen LogP contribution is 2.29. The lowest BCUT2D eigenvalue weighted by molar-refractivity contribution is -0.110. The minimum absolute atomic E-state index is 0.0608. The first kappa shape index (κ1) is 13.9. The van der Waals surface area contributed by atoms with Gasteiger partial charge in [0.1, 0.15) is 15.9 Å². The molecule has 1 unspecified atom stereocenters. The molecule has 104 valence electrons. The molecule has 1 fully saturated rings. The first-order valence-corrected chi connectivity index (χ1v) is 8.31. The van der Waals surface area contributed by atoms with Crippen molar-refractivity contribution < 1.29 is 4.79 Å². The lowest BCUT2D eigenvalue weighted by Crippen LogP contribution is -2.39. The third-order valence-electron chi connectivity index (χ3n) is 2.79. The molecular weight excluding hydrogens is 314 g/mol. The van der Waals surface area contributed by atoms with E-state index in [1.54, 1.807) is 11.8 Å². The molecule has 0 radical (unpaired) electrons. The molecule has 0 amide bonds. The van der Waals surface area contributed by atoms with Crippen LogP contribution in [0.3, 0.4) is 0 Å². The van der Waals surface area contributed by atoms with Crippen LogP contribution in [-0.2, 0) is 10.5 Å². The molecule has 0 bridgehead atoms. The summed E-state index contributed by atoms with van der Waals surface area (Å²) in [4.78, 5) is 16.0. The van der Waals surface area contributed by atoms with Gasteiger partial charge >= 0.3 is 0 Å². The number of nitrogens with one attached hydrogen (secondary N) is 2. The Morgan fingerprint density at radius 3 is 3.00 bits per heavy atom. The number of nitrogens with zero attached hydrogens (tertiary/aromatic N) is 1. The molecule has 20 heavy (non-hydrogen) atoms. The maximum atomic E-state index is 11.4. The summed E-state index contributed by atoms with van der Waals surface area (Å²) in [5.74, 6) is 0.834. The fourth-order valence-corrected chi connectivity index (χ4v) is 4.01. The van der Waals surface area contributed by atoms with Crippen molar-refractivity contribution >= 4 is 45.3 Å². The van der Waals surface area contributed by atoms with Crippen molar-refractivity contribution in [2.75, 3.05) is 6.54 Å². The Bertz CT molecular complexity index is 589. The van der Waals surface area contributed by atoms with E-state index in [-0.39, 0.29) is 10.6 Å². The zero-order valence-corrected chi connectivity index (χ0v) is 12.8. The maximum absolute atomic E-state index is 11.4. The van der Waals surface area contributed by atoms with Gasteiger partial charge in [-0.3, -0.25) is 4.79 Å². The largest absolute Gasteiger partial charge is 0.372 e. The Kier molecular flexibility index (Phi) is 4.24. The van der Waals surface area contributed by atoms with Gasteiger partial charge in [-0.1, -0.05) is 41.9 Å². The van der Waals surface area contributed by atoms with Crippen LogP contribution in [0.1, 0.15) is 5.56 Å². The number of thioether (sulfide) groups is 2. The molecule has 2 aliphatic heterocycles. The average Bonchev–Trinajstić information content (AvgIpc) is 2.46. The summed E-state index contributed by atoms with van der Waals surface area (Å²) in [5.41, 5.74) is 1.80. The van der Waals surface area contributed by atoms with Gasteiger partial charge in [0.15, 0.2) is 5.50 Å². The van der Waals surface area contributed by atoms with Crippen LogP contribution in [0.15, 0.2) is 46.2 Å². The molecule has 2 N–H and O–H groups in total. The summed E-state index contributed by atoms with van der Waals surface area (Å²) in [7, 11) is 0. The minimum Gasteiger partial charge on any atom is -0.372 e. The van der Waals surface area contributed by atoms with Gasteiger partial charge in [-0.25, -0.2) is 4.99 Å². The zero-order chi connectivity index (χ0) is 13.9. The Morgan fingerprint density at radius 1 is 1.40 bits per heavy atom. The minimum atomic E-state index is -0.165. The van der Waals surface area contributed by atoms with Crippen molar-refractivity contribution in [3.8, 4) is 0 Å². The molecule has 1 aromatic carbocycles. The smallest absolute Gasteiger partial charge is 0.214 e. The van der Waals surface area contributed by atoms with Gasteiger partial charge in [-0.2, -0.15) is 0 Å². The molecule has 7 heteroatoms. The summed E-state index contributed by atoms with van der Waals surface area (Å²) in [6, 6.07) is 10.2. The number of fused-ring (bicyclic) bond motifs is 1. The van der Waals surface area contributed by atoms with Crippen molar-refractivity contribution in [3.63, 3.8) is 0 Å². The number of rotatable bonds is 3. The van der Waals surface area contributed by atoms with E-state index in [0.29, 0.717) is 16.7 Å². The van der Waals surface area contributed by atoms with Gasteiger partial charge in [-0.15, -0.1) is 11.8 Å². The topological polar surface area (TPSA) is 53.5 Å². The SMILES string of the molecule is O=C1CNC2=C(Cl)NC(SCc3ccccc3)N=C2S1. The van der Waals surface area contributed by atoms with Crippen LogP contribution in [0.25, 0.3) is 0 Å². The van der Waals surface area contributed by atoms with Crippen LogP contribution in [0.4, 0.5) is 0 Å². The van der Waals surface area contributed by atoms with Crippen LogP contribution in [-0.4, -0.2) is 22.2 Å². The fourth-order valence-electron chi connectivity index (χ4n) is 1.84. The normalized spacial score (nSPS) is 21.8. The Labute approximate surface area is 130 Å². The van der Waals surface area contributed by atoms with Crippen molar-refractivity contribution in [1.29, 1.82) is 0 Å². The van der Waals surface area contributed by atoms with Gasteiger partial charge in [-0.05, 0) is 17.3 Å². The van der Waals surface area contributed by atoms with Crippen LogP contribution in [0.5, 0.6) is 0 Å². The van der Waals surface area contributed by atoms with E-state index in [4.69, 9.17) is 11.6 Å². The second-order valence-electron chi connectivity index (χ2n) is 4.24. The van der Waals surface area contributed by atoms with E-state index in [1.807, 2.05) is 18.2 Å². The monoisotopic (exact) mass is 325 g/mol. The van der Waals surface area contributed by atoms with Crippen LogP contribution >= 0.6 is 35.1 Å². The van der Waals surface area contributed by atoms with Crippen molar-refractivity contribution in [1.82, 2.24) is 10.6 Å². The third kappa shape index (κ3) is 3.13. The van der Waals surface area contributed by atoms with Gasteiger partial charge in [0, 0.05) is 5.75 Å².